The van der Waals surface area contributed by atoms with E-state index in [1.54, 1.807) is 29.2 Å². The molecule has 1 aliphatic carbocycles. The van der Waals surface area contributed by atoms with Crippen molar-refractivity contribution in [2.75, 3.05) is 31.6 Å². The van der Waals surface area contributed by atoms with Crippen LogP contribution in [0, 0.1) is 5.41 Å². The molecule has 1 aromatic rings. The van der Waals surface area contributed by atoms with E-state index < -0.39 is 5.41 Å². The molecular formula is C15H17ClN2O3. The number of carbonyl (C=O) groups excluding carboxylic acids is 2. The molecule has 1 aliphatic heterocycles. The van der Waals surface area contributed by atoms with Crippen molar-refractivity contribution in [2.45, 2.75) is 12.8 Å². The van der Waals surface area contributed by atoms with Gasteiger partial charge < -0.3 is 15.0 Å². The van der Waals surface area contributed by atoms with Gasteiger partial charge in [-0.15, -0.1) is 0 Å². The maximum atomic E-state index is 12.6. The molecule has 1 heterocycles. The Morgan fingerprint density at radius 1 is 1.19 bits per heavy atom. The fourth-order valence-electron chi connectivity index (χ4n) is 2.54. The molecule has 2 aliphatic rings. The summed E-state index contributed by atoms with van der Waals surface area (Å²) in [6, 6.07) is 7.03. The standard InChI is InChI=1S/C15H17ClN2O3/c16-11-3-1-2-4-12(11)17-13(19)15(5-6-15)14(20)18-7-9-21-10-8-18/h1-4H,5-10H2,(H,17,19). The Kier molecular flexibility index (Phi) is 3.87. The van der Waals surface area contributed by atoms with Gasteiger partial charge in [0.25, 0.3) is 0 Å². The van der Waals surface area contributed by atoms with Gasteiger partial charge in [-0.3, -0.25) is 9.59 Å². The molecular weight excluding hydrogens is 292 g/mol. The van der Waals surface area contributed by atoms with Gasteiger partial charge in [0.05, 0.1) is 23.9 Å². The Morgan fingerprint density at radius 2 is 1.86 bits per heavy atom. The minimum atomic E-state index is -0.906. The van der Waals surface area contributed by atoms with Gasteiger partial charge >= 0.3 is 0 Å². The number of benzene rings is 1. The summed E-state index contributed by atoms with van der Waals surface area (Å²) in [6.45, 7) is 2.18. The lowest BCUT2D eigenvalue weighted by Crippen LogP contribution is -2.47. The van der Waals surface area contributed by atoms with Crippen LogP contribution in [0.25, 0.3) is 0 Å². The summed E-state index contributed by atoms with van der Waals surface area (Å²) >= 11 is 6.04. The van der Waals surface area contributed by atoms with Crippen LogP contribution < -0.4 is 5.32 Å². The summed E-state index contributed by atoms with van der Waals surface area (Å²) in [5.41, 5.74) is -0.360. The Labute approximate surface area is 128 Å². The molecule has 1 saturated heterocycles. The topological polar surface area (TPSA) is 58.6 Å². The molecule has 0 atom stereocenters. The summed E-state index contributed by atoms with van der Waals surface area (Å²) in [7, 11) is 0. The van der Waals surface area contributed by atoms with Crippen LogP contribution in [0.5, 0.6) is 0 Å². The second-order valence-corrected chi connectivity index (χ2v) is 5.83. The van der Waals surface area contributed by atoms with Gasteiger partial charge in [-0.25, -0.2) is 0 Å². The number of anilines is 1. The first-order valence-electron chi connectivity index (χ1n) is 7.07. The SMILES string of the molecule is O=C(Nc1ccccc1Cl)C1(C(=O)N2CCOCC2)CC1. The molecule has 1 N–H and O–H groups in total. The summed E-state index contributed by atoms with van der Waals surface area (Å²) < 4.78 is 5.24. The highest BCUT2D eigenvalue weighted by molar-refractivity contribution is 6.34. The van der Waals surface area contributed by atoms with Crippen LogP contribution in [0.2, 0.25) is 5.02 Å². The molecule has 0 aromatic heterocycles. The van der Waals surface area contributed by atoms with E-state index in [0.29, 0.717) is 49.9 Å². The summed E-state index contributed by atoms with van der Waals surface area (Å²) in [6.07, 6.45) is 1.19. The highest BCUT2D eigenvalue weighted by Crippen LogP contribution is 2.48. The van der Waals surface area contributed by atoms with Crippen LogP contribution in [0.3, 0.4) is 0 Å². The number of morpholine rings is 1. The number of para-hydroxylation sites is 1. The average Bonchev–Trinajstić information content (AvgIpc) is 3.31. The van der Waals surface area contributed by atoms with E-state index in [-0.39, 0.29) is 11.8 Å². The molecule has 0 spiro atoms. The first-order chi connectivity index (χ1) is 10.1. The zero-order valence-corrected chi connectivity index (χ0v) is 12.4. The van der Waals surface area contributed by atoms with E-state index in [1.807, 2.05) is 0 Å². The quantitative estimate of drug-likeness (QED) is 0.868. The Bertz CT molecular complexity index is 566. The van der Waals surface area contributed by atoms with Crippen LogP contribution in [-0.4, -0.2) is 43.0 Å². The molecule has 112 valence electrons. The zero-order chi connectivity index (χ0) is 14.9. The number of carbonyl (C=O) groups is 2. The van der Waals surface area contributed by atoms with Crippen LogP contribution in [-0.2, 0) is 14.3 Å². The molecule has 1 aromatic carbocycles. The lowest BCUT2D eigenvalue weighted by atomic mass is 10.0. The lowest BCUT2D eigenvalue weighted by molar-refractivity contribution is -0.145. The van der Waals surface area contributed by atoms with Crippen molar-refractivity contribution in [3.63, 3.8) is 0 Å². The van der Waals surface area contributed by atoms with Crippen LogP contribution in [0.1, 0.15) is 12.8 Å². The third-order valence-corrected chi connectivity index (χ3v) is 4.34. The smallest absolute Gasteiger partial charge is 0.240 e. The first-order valence-corrected chi connectivity index (χ1v) is 7.44. The molecule has 0 radical (unpaired) electrons. The Morgan fingerprint density at radius 3 is 2.48 bits per heavy atom. The normalized spacial score (nSPS) is 20.0. The van der Waals surface area contributed by atoms with E-state index in [2.05, 4.69) is 5.32 Å². The van der Waals surface area contributed by atoms with Gasteiger partial charge in [-0.2, -0.15) is 0 Å². The third-order valence-electron chi connectivity index (χ3n) is 4.01. The number of hydrogen-bond acceptors (Lipinski definition) is 3. The van der Waals surface area contributed by atoms with Crippen molar-refractivity contribution in [1.29, 1.82) is 0 Å². The fraction of sp³-hybridized carbons (Fsp3) is 0.467. The maximum absolute atomic E-state index is 12.6. The molecule has 6 heteroatoms. The van der Waals surface area contributed by atoms with Crippen molar-refractivity contribution in [3.05, 3.63) is 29.3 Å². The van der Waals surface area contributed by atoms with E-state index >= 15 is 0 Å². The molecule has 5 nitrogen and oxygen atoms in total. The Balaban J connectivity index is 1.71. The van der Waals surface area contributed by atoms with Gasteiger partial charge in [0.1, 0.15) is 5.41 Å². The zero-order valence-electron chi connectivity index (χ0n) is 11.6. The van der Waals surface area contributed by atoms with Gasteiger partial charge in [0.2, 0.25) is 11.8 Å². The largest absolute Gasteiger partial charge is 0.378 e. The first kappa shape index (κ1) is 14.4. The number of halogens is 1. The molecule has 0 bridgehead atoms. The number of hydrogen-bond donors (Lipinski definition) is 1. The molecule has 0 unspecified atom stereocenters. The van der Waals surface area contributed by atoms with Gasteiger partial charge in [-0.05, 0) is 25.0 Å². The second kappa shape index (κ2) is 5.66. The summed E-state index contributed by atoms with van der Waals surface area (Å²) in [4.78, 5) is 26.8. The summed E-state index contributed by atoms with van der Waals surface area (Å²) in [5, 5.41) is 3.26. The van der Waals surface area contributed by atoms with Gasteiger partial charge in [0, 0.05) is 13.1 Å². The maximum Gasteiger partial charge on any atom is 0.240 e. The highest BCUT2D eigenvalue weighted by Gasteiger charge is 2.58. The van der Waals surface area contributed by atoms with Crippen molar-refractivity contribution >= 4 is 29.1 Å². The van der Waals surface area contributed by atoms with Crippen molar-refractivity contribution in [2.24, 2.45) is 5.41 Å². The number of ether oxygens (including phenoxy) is 1. The lowest BCUT2D eigenvalue weighted by Gasteiger charge is -2.30. The highest BCUT2D eigenvalue weighted by atomic mass is 35.5. The molecule has 3 rings (SSSR count). The Hall–Kier alpha value is -1.59. The molecule has 1 saturated carbocycles. The van der Waals surface area contributed by atoms with E-state index in [9.17, 15) is 9.59 Å². The fourth-order valence-corrected chi connectivity index (χ4v) is 2.72. The van der Waals surface area contributed by atoms with E-state index in [4.69, 9.17) is 16.3 Å². The van der Waals surface area contributed by atoms with E-state index in [0.717, 1.165) is 0 Å². The predicted octanol–water partition coefficient (Wildman–Crippen LogP) is 1.92. The van der Waals surface area contributed by atoms with Crippen molar-refractivity contribution in [1.82, 2.24) is 4.90 Å². The second-order valence-electron chi connectivity index (χ2n) is 5.42. The van der Waals surface area contributed by atoms with Crippen molar-refractivity contribution < 1.29 is 14.3 Å². The van der Waals surface area contributed by atoms with Crippen LogP contribution in [0.4, 0.5) is 5.69 Å². The third kappa shape index (κ3) is 2.76. The number of rotatable bonds is 3. The number of nitrogens with one attached hydrogen (secondary N) is 1. The van der Waals surface area contributed by atoms with Crippen molar-refractivity contribution in [3.8, 4) is 0 Å². The van der Waals surface area contributed by atoms with Gasteiger partial charge in [0.15, 0.2) is 0 Å². The number of amides is 2. The van der Waals surface area contributed by atoms with Gasteiger partial charge in [-0.1, -0.05) is 23.7 Å². The molecule has 2 fully saturated rings. The minimum Gasteiger partial charge on any atom is -0.378 e. The average molecular weight is 309 g/mol. The predicted molar refractivity (Wildman–Crippen MR) is 79.1 cm³/mol. The van der Waals surface area contributed by atoms with E-state index in [1.165, 1.54) is 0 Å². The molecule has 21 heavy (non-hydrogen) atoms. The summed E-state index contributed by atoms with van der Waals surface area (Å²) in [5.74, 6) is -0.345. The molecule has 2 amide bonds. The monoisotopic (exact) mass is 308 g/mol. The number of nitrogens with zero attached hydrogens (tertiary/aromatic N) is 1. The minimum absolute atomic E-state index is 0.0876. The van der Waals surface area contributed by atoms with Crippen LogP contribution >= 0.6 is 11.6 Å². The van der Waals surface area contributed by atoms with Crippen LogP contribution in [0.15, 0.2) is 24.3 Å².